The molecule has 1 rings (SSSR count). The number of alkyl halides is 3. The molecule has 1 aromatic heterocycles. The van der Waals surface area contributed by atoms with E-state index in [1.807, 2.05) is 0 Å². The van der Waals surface area contributed by atoms with Crippen molar-refractivity contribution in [3.8, 4) is 0 Å². The van der Waals surface area contributed by atoms with E-state index in [9.17, 15) is 23.1 Å². The summed E-state index contributed by atoms with van der Waals surface area (Å²) in [5.41, 5.74) is -2.27. The third kappa shape index (κ3) is 4.19. The monoisotopic (exact) mass is 290 g/mol. The Balaban J connectivity index is 2.84. The molecule has 0 saturated carbocycles. The molecular formula is C13H17F3N2O2. The second-order valence-electron chi connectivity index (χ2n) is 5.49. The lowest BCUT2D eigenvalue weighted by Gasteiger charge is -2.26. The van der Waals surface area contributed by atoms with Crippen molar-refractivity contribution in [2.24, 2.45) is 5.41 Å². The third-order valence-electron chi connectivity index (χ3n) is 2.78. The number of amides is 1. The first-order valence-corrected chi connectivity index (χ1v) is 6.02. The largest absolute Gasteiger partial charge is 0.418 e. The van der Waals surface area contributed by atoms with E-state index in [4.69, 9.17) is 0 Å². The number of rotatable bonds is 3. The molecule has 0 aliphatic carbocycles. The average Bonchev–Trinajstić information content (AvgIpc) is 2.33. The van der Waals surface area contributed by atoms with Gasteiger partial charge >= 0.3 is 6.18 Å². The molecule has 0 aromatic carbocycles. The topological polar surface area (TPSA) is 62.2 Å². The number of carbonyl (C=O) groups is 1. The predicted octanol–water partition coefficient (Wildman–Crippen LogP) is 2.24. The maximum Gasteiger partial charge on any atom is 0.418 e. The number of aliphatic hydroxyl groups excluding tert-OH is 1. The van der Waals surface area contributed by atoms with Crippen LogP contribution in [0, 0.1) is 5.41 Å². The van der Waals surface area contributed by atoms with Crippen LogP contribution in [0.5, 0.6) is 0 Å². The van der Waals surface area contributed by atoms with E-state index < -0.39 is 34.9 Å². The number of halogens is 3. The molecule has 4 nitrogen and oxygen atoms in total. The first-order chi connectivity index (χ1) is 9.03. The Kier molecular flexibility index (Phi) is 4.75. The summed E-state index contributed by atoms with van der Waals surface area (Å²) in [7, 11) is 0. The van der Waals surface area contributed by atoms with E-state index in [1.165, 1.54) is 0 Å². The Hall–Kier alpha value is -1.63. The van der Waals surface area contributed by atoms with Gasteiger partial charge in [-0.1, -0.05) is 20.8 Å². The van der Waals surface area contributed by atoms with Crippen molar-refractivity contribution in [2.45, 2.75) is 33.1 Å². The van der Waals surface area contributed by atoms with Crippen LogP contribution in [0.2, 0.25) is 0 Å². The zero-order chi connectivity index (χ0) is 15.6. The third-order valence-corrected chi connectivity index (χ3v) is 2.78. The fraction of sp³-hybridized carbons (Fsp3) is 0.538. The summed E-state index contributed by atoms with van der Waals surface area (Å²) in [6.45, 7) is 5.12. The minimum Gasteiger partial charge on any atom is -0.391 e. The van der Waals surface area contributed by atoms with Crippen molar-refractivity contribution < 1.29 is 23.1 Å². The van der Waals surface area contributed by atoms with E-state index >= 15 is 0 Å². The second-order valence-corrected chi connectivity index (χ2v) is 5.49. The Morgan fingerprint density at radius 2 is 2.00 bits per heavy atom. The number of nitrogens with one attached hydrogen (secondary N) is 1. The molecule has 0 aliphatic heterocycles. The first kappa shape index (κ1) is 16.4. The summed E-state index contributed by atoms with van der Waals surface area (Å²) >= 11 is 0. The van der Waals surface area contributed by atoms with Gasteiger partial charge < -0.3 is 10.4 Å². The molecule has 0 radical (unpaired) electrons. The van der Waals surface area contributed by atoms with Crippen LogP contribution < -0.4 is 5.32 Å². The SMILES string of the molecule is CC(C)(C)C(O)CNC(=O)c1ncccc1C(F)(F)F. The molecular weight excluding hydrogens is 273 g/mol. The minimum atomic E-state index is -4.65. The van der Waals surface area contributed by atoms with Gasteiger partial charge in [-0.25, -0.2) is 0 Å². The summed E-state index contributed by atoms with van der Waals surface area (Å²) in [5, 5.41) is 12.0. The molecule has 0 fully saturated rings. The van der Waals surface area contributed by atoms with Gasteiger partial charge in [0.25, 0.3) is 5.91 Å². The van der Waals surface area contributed by atoms with Gasteiger partial charge in [-0.3, -0.25) is 9.78 Å². The van der Waals surface area contributed by atoms with Gasteiger partial charge in [0.05, 0.1) is 11.7 Å². The van der Waals surface area contributed by atoms with Crippen molar-refractivity contribution in [3.63, 3.8) is 0 Å². The summed E-state index contributed by atoms with van der Waals surface area (Å²) in [4.78, 5) is 15.2. The first-order valence-electron chi connectivity index (χ1n) is 6.02. The summed E-state index contributed by atoms with van der Waals surface area (Å²) in [6.07, 6.45) is -4.40. The molecule has 7 heteroatoms. The summed E-state index contributed by atoms with van der Waals surface area (Å²) in [6, 6.07) is 1.91. The lowest BCUT2D eigenvalue weighted by Crippen LogP contribution is -2.40. The lowest BCUT2D eigenvalue weighted by molar-refractivity contribution is -0.138. The van der Waals surface area contributed by atoms with Gasteiger partial charge in [-0.2, -0.15) is 13.2 Å². The Bertz CT molecular complexity index is 481. The van der Waals surface area contributed by atoms with Gasteiger partial charge in [0.1, 0.15) is 5.69 Å². The van der Waals surface area contributed by atoms with E-state index in [0.29, 0.717) is 0 Å². The molecule has 0 bridgehead atoms. The van der Waals surface area contributed by atoms with E-state index in [-0.39, 0.29) is 6.54 Å². The number of hydrogen-bond acceptors (Lipinski definition) is 3. The molecule has 20 heavy (non-hydrogen) atoms. The average molecular weight is 290 g/mol. The van der Waals surface area contributed by atoms with Crippen molar-refractivity contribution in [3.05, 3.63) is 29.6 Å². The van der Waals surface area contributed by atoms with Crippen LogP contribution in [0.25, 0.3) is 0 Å². The number of nitrogens with zero attached hydrogens (tertiary/aromatic N) is 1. The van der Waals surface area contributed by atoms with Crippen LogP contribution in [0.3, 0.4) is 0 Å². The molecule has 1 heterocycles. The van der Waals surface area contributed by atoms with Gasteiger partial charge in [-0.05, 0) is 17.5 Å². The standard InChI is InChI=1S/C13H17F3N2O2/c1-12(2,3)9(19)7-18-11(20)10-8(13(14,15)16)5-4-6-17-10/h4-6,9,19H,7H2,1-3H3,(H,18,20). The van der Waals surface area contributed by atoms with Crippen LogP contribution in [0.1, 0.15) is 36.8 Å². The highest BCUT2D eigenvalue weighted by molar-refractivity contribution is 5.93. The fourth-order valence-corrected chi connectivity index (χ4v) is 1.39. The van der Waals surface area contributed by atoms with E-state index in [1.54, 1.807) is 20.8 Å². The Labute approximate surface area is 115 Å². The summed E-state index contributed by atoms with van der Waals surface area (Å²) < 4.78 is 38.2. The quantitative estimate of drug-likeness (QED) is 0.897. The second kappa shape index (κ2) is 5.78. The zero-order valence-corrected chi connectivity index (χ0v) is 11.5. The van der Waals surface area contributed by atoms with Gasteiger partial charge in [0, 0.05) is 12.7 Å². The van der Waals surface area contributed by atoms with Crippen molar-refractivity contribution in [2.75, 3.05) is 6.54 Å². The smallest absolute Gasteiger partial charge is 0.391 e. The van der Waals surface area contributed by atoms with Crippen LogP contribution in [-0.2, 0) is 6.18 Å². The van der Waals surface area contributed by atoms with E-state index in [2.05, 4.69) is 10.3 Å². The lowest BCUT2D eigenvalue weighted by atomic mass is 9.89. The van der Waals surface area contributed by atoms with Gasteiger partial charge in [0.15, 0.2) is 0 Å². The van der Waals surface area contributed by atoms with Crippen molar-refractivity contribution in [1.82, 2.24) is 10.3 Å². The molecule has 1 unspecified atom stereocenters. The number of hydrogen-bond donors (Lipinski definition) is 2. The molecule has 0 aliphatic rings. The van der Waals surface area contributed by atoms with Crippen molar-refractivity contribution in [1.29, 1.82) is 0 Å². The highest BCUT2D eigenvalue weighted by Gasteiger charge is 2.36. The normalized spacial score (nSPS) is 13.9. The molecule has 112 valence electrons. The molecule has 0 saturated heterocycles. The zero-order valence-electron chi connectivity index (χ0n) is 11.5. The number of carbonyl (C=O) groups excluding carboxylic acids is 1. The molecule has 1 aromatic rings. The molecule has 1 atom stereocenters. The maximum atomic E-state index is 12.7. The molecule has 2 N–H and O–H groups in total. The number of aliphatic hydroxyl groups is 1. The fourth-order valence-electron chi connectivity index (χ4n) is 1.39. The van der Waals surface area contributed by atoms with Crippen molar-refractivity contribution >= 4 is 5.91 Å². The van der Waals surface area contributed by atoms with Crippen LogP contribution in [0.15, 0.2) is 18.3 Å². The van der Waals surface area contributed by atoms with E-state index in [0.717, 1.165) is 18.3 Å². The van der Waals surface area contributed by atoms with Crippen LogP contribution in [-0.4, -0.2) is 28.6 Å². The Morgan fingerprint density at radius 1 is 1.40 bits per heavy atom. The maximum absolute atomic E-state index is 12.7. The minimum absolute atomic E-state index is 0.143. The highest BCUT2D eigenvalue weighted by Crippen LogP contribution is 2.30. The Morgan fingerprint density at radius 3 is 2.50 bits per heavy atom. The predicted molar refractivity (Wildman–Crippen MR) is 67.0 cm³/mol. The number of pyridine rings is 1. The summed E-state index contributed by atoms with van der Waals surface area (Å²) in [5.74, 6) is -0.957. The molecule has 1 amide bonds. The van der Waals surface area contributed by atoms with Gasteiger partial charge in [-0.15, -0.1) is 0 Å². The number of aromatic nitrogens is 1. The van der Waals surface area contributed by atoms with Crippen LogP contribution >= 0.6 is 0 Å². The molecule has 0 spiro atoms. The highest BCUT2D eigenvalue weighted by atomic mass is 19.4. The van der Waals surface area contributed by atoms with Crippen LogP contribution in [0.4, 0.5) is 13.2 Å². The van der Waals surface area contributed by atoms with Gasteiger partial charge in [0.2, 0.25) is 0 Å².